The molecule has 4 nitrogen and oxygen atoms in total. The summed E-state index contributed by atoms with van der Waals surface area (Å²) in [6.45, 7) is 1.19. The summed E-state index contributed by atoms with van der Waals surface area (Å²) >= 11 is 1.56. The molecule has 2 fully saturated rings. The van der Waals surface area contributed by atoms with Crippen molar-refractivity contribution in [1.82, 2.24) is 5.32 Å². The molecule has 1 amide bonds. The van der Waals surface area contributed by atoms with E-state index in [1.54, 1.807) is 11.8 Å². The summed E-state index contributed by atoms with van der Waals surface area (Å²) < 4.78 is 11.1. The zero-order valence-electron chi connectivity index (χ0n) is 12.5. The Hall–Kier alpha value is -1.36. The summed E-state index contributed by atoms with van der Waals surface area (Å²) in [7, 11) is 0. The average Bonchev–Trinajstić information content (AvgIpc) is 3.43. The Kier molecular flexibility index (Phi) is 3.90. The number of thioether (sulfide) groups is 1. The largest absolute Gasteiger partial charge is 0.486 e. The molecular weight excluding hydrogens is 298 g/mol. The van der Waals surface area contributed by atoms with E-state index in [4.69, 9.17) is 9.47 Å². The smallest absolute Gasteiger partial charge is 0.230 e. The van der Waals surface area contributed by atoms with Gasteiger partial charge < -0.3 is 14.8 Å². The topological polar surface area (TPSA) is 47.6 Å². The van der Waals surface area contributed by atoms with Gasteiger partial charge in [0.2, 0.25) is 5.91 Å². The number of hydrogen-bond donors (Lipinski definition) is 1. The molecule has 0 atom stereocenters. The lowest BCUT2D eigenvalue weighted by Gasteiger charge is -2.19. The molecule has 5 heteroatoms. The Morgan fingerprint density at radius 2 is 1.82 bits per heavy atom. The van der Waals surface area contributed by atoms with E-state index in [9.17, 15) is 4.79 Å². The third kappa shape index (κ3) is 3.35. The second-order valence-corrected chi connectivity index (χ2v) is 7.41. The summed E-state index contributed by atoms with van der Waals surface area (Å²) in [4.78, 5) is 13.2. The number of carbonyl (C=O) groups excluding carboxylic acids is 1. The van der Waals surface area contributed by atoms with Crippen LogP contribution in [0.3, 0.4) is 0 Å². The number of ether oxygens (including phenoxy) is 2. The Morgan fingerprint density at radius 1 is 1.14 bits per heavy atom. The van der Waals surface area contributed by atoms with Crippen molar-refractivity contribution in [3.05, 3.63) is 18.2 Å². The number of carbonyl (C=O) groups is 1. The molecule has 2 aliphatic carbocycles. The van der Waals surface area contributed by atoms with Crippen molar-refractivity contribution < 1.29 is 14.3 Å². The van der Waals surface area contributed by atoms with E-state index in [0.717, 1.165) is 28.2 Å². The zero-order chi connectivity index (χ0) is 14.9. The van der Waals surface area contributed by atoms with E-state index in [1.807, 2.05) is 18.2 Å². The van der Waals surface area contributed by atoms with Crippen LogP contribution in [0.1, 0.15) is 25.7 Å². The molecule has 1 N–H and O–H groups in total. The van der Waals surface area contributed by atoms with Gasteiger partial charge in [0.05, 0.1) is 5.75 Å². The second kappa shape index (κ2) is 6.03. The molecule has 1 aromatic rings. The summed E-state index contributed by atoms with van der Waals surface area (Å²) in [5, 5.41) is 3.26. The van der Waals surface area contributed by atoms with Gasteiger partial charge in [-0.3, -0.25) is 4.79 Å². The highest BCUT2D eigenvalue weighted by Gasteiger charge is 2.42. The van der Waals surface area contributed by atoms with Crippen molar-refractivity contribution in [2.75, 3.05) is 19.0 Å². The van der Waals surface area contributed by atoms with Crippen LogP contribution in [0, 0.1) is 11.8 Å². The molecule has 0 saturated heterocycles. The van der Waals surface area contributed by atoms with Gasteiger partial charge in [0, 0.05) is 10.9 Å². The van der Waals surface area contributed by atoms with E-state index in [1.165, 1.54) is 25.7 Å². The van der Waals surface area contributed by atoms with Crippen LogP contribution in [0.15, 0.2) is 23.1 Å². The minimum Gasteiger partial charge on any atom is -0.486 e. The number of amides is 1. The van der Waals surface area contributed by atoms with Gasteiger partial charge in [-0.05, 0) is 55.7 Å². The molecule has 118 valence electrons. The van der Waals surface area contributed by atoms with Gasteiger partial charge >= 0.3 is 0 Å². The number of nitrogens with one attached hydrogen (secondary N) is 1. The molecule has 3 aliphatic rings. The maximum Gasteiger partial charge on any atom is 0.230 e. The first kappa shape index (κ1) is 14.2. The quantitative estimate of drug-likeness (QED) is 0.819. The van der Waals surface area contributed by atoms with Crippen molar-refractivity contribution in [2.45, 2.75) is 36.6 Å². The van der Waals surface area contributed by atoms with Gasteiger partial charge in [0.1, 0.15) is 13.2 Å². The third-order valence-corrected chi connectivity index (χ3v) is 5.46. The highest BCUT2D eigenvalue weighted by molar-refractivity contribution is 8.00. The lowest BCUT2D eigenvalue weighted by atomic mass is 10.1. The molecule has 2 saturated carbocycles. The molecule has 1 aliphatic heterocycles. The van der Waals surface area contributed by atoms with Crippen molar-refractivity contribution in [3.8, 4) is 11.5 Å². The standard InChI is InChI=1S/C17H21NO3S/c19-16(18-17(11-1-2-11)12-3-4-12)10-22-13-5-6-14-15(9-13)21-8-7-20-14/h5-6,9,11-12,17H,1-4,7-8,10H2,(H,18,19). The predicted molar refractivity (Wildman–Crippen MR) is 85.5 cm³/mol. The monoisotopic (exact) mass is 319 g/mol. The molecule has 0 radical (unpaired) electrons. The van der Waals surface area contributed by atoms with Crippen LogP contribution in [0.2, 0.25) is 0 Å². The van der Waals surface area contributed by atoms with Crippen molar-refractivity contribution in [3.63, 3.8) is 0 Å². The number of fused-ring (bicyclic) bond motifs is 1. The SMILES string of the molecule is O=C(CSc1ccc2c(c1)OCCO2)NC(C1CC1)C1CC1. The fourth-order valence-electron chi connectivity index (χ4n) is 3.02. The van der Waals surface area contributed by atoms with Crippen molar-refractivity contribution >= 4 is 17.7 Å². The fraction of sp³-hybridized carbons (Fsp3) is 0.588. The Morgan fingerprint density at radius 3 is 2.50 bits per heavy atom. The highest BCUT2D eigenvalue weighted by Crippen LogP contribution is 2.44. The van der Waals surface area contributed by atoms with Crippen LogP contribution in [0.25, 0.3) is 0 Å². The van der Waals surface area contributed by atoms with E-state index >= 15 is 0 Å². The van der Waals surface area contributed by atoms with Gasteiger partial charge in [0.25, 0.3) is 0 Å². The van der Waals surface area contributed by atoms with E-state index in [-0.39, 0.29) is 5.91 Å². The molecule has 22 heavy (non-hydrogen) atoms. The molecule has 4 rings (SSSR count). The zero-order valence-corrected chi connectivity index (χ0v) is 13.4. The molecule has 0 spiro atoms. The third-order valence-electron chi connectivity index (χ3n) is 4.47. The summed E-state index contributed by atoms with van der Waals surface area (Å²) in [6, 6.07) is 6.32. The van der Waals surface area contributed by atoms with Crippen LogP contribution in [-0.2, 0) is 4.79 Å². The second-order valence-electron chi connectivity index (χ2n) is 6.36. The van der Waals surface area contributed by atoms with Crippen molar-refractivity contribution in [2.24, 2.45) is 11.8 Å². The fourth-order valence-corrected chi connectivity index (χ4v) is 3.76. The molecule has 0 unspecified atom stereocenters. The normalized spacial score (nSPS) is 20.0. The molecule has 0 bridgehead atoms. The Balaban J connectivity index is 1.31. The minimum atomic E-state index is 0.156. The van der Waals surface area contributed by atoms with Crippen LogP contribution in [-0.4, -0.2) is 30.9 Å². The minimum absolute atomic E-state index is 0.156. The number of hydrogen-bond acceptors (Lipinski definition) is 4. The maximum atomic E-state index is 12.2. The summed E-state index contributed by atoms with van der Waals surface area (Å²) in [6.07, 6.45) is 5.15. The van der Waals surface area contributed by atoms with Crippen LogP contribution < -0.4 is 14.8 Å². The first-order chi connectivity index (χ1) is 10.8. The first-order valence-electron chi connectivity index (χ1n) is 8.11. The number of rotatable bonds is 6. The predicted octanol–water partition coefficient (Wildman–Crippen LogP) is 2.85. The summed E-state index contributed by atoms with van der Waals surface area (Å²) in [5.41, 5.74) is 0. The lowest BCUT2D eigenvalue weighted by molar-refractivity contribution is -0.119. The maximum absolute atomic E-state index is 12.2. The molecular formula is C17H21NO3S. The molecule has 1 aromatic carbocycles. The van der Waals surface area contributed by atoms with Crippen LogP contribution >= 0.6 is 11.8 Å². The van der Waals surface area contributed by atoms with Gasteiger partial charge in [-0.1, -0.05) is 0 Å². The Labute approximate surface area is 134 Å². The number of benzene rings is 1. The molecule has 0 aromatic heterocycles. The van der Waals surface area contributed by atoms with E-state index < -0.39 is 0 Å². The first-order valence-corrected chi connectivity index (χ1v) is 9.10. The van der Waals surface area contributed by atoms with Crippen LogP contribution in [0.5, 0.6) is 11.5 Å². The Bertz CT molecular complexity index is 557. The van der Waals surface area contributed by atoms with Gasteiger partial charge in [-0.25, -0.2) is 0 Å². The van der Waals surface area contributed by atoms with E-state index in [0.29, 0.717) is 25.0 Å². The van der Waals surface area contributed by atoms with Crippen LogP contribution in [0.4, 0.5) is 0 Å². The lowest BCUT2D eigenvalue weighted by Crippen LogP contribution is -2.39. The van der Waals surface area contributed by atoms with Crippen molar-refractivity contribution in [1.29, 1.82) is 0 Å². The van der Waals surface area contributed by atoms with Gasteiger partial charge in [0.15, 0.2) is 11.5 Å². The van der Waals surface area contributed by atoms with E-state index in [2.05, 4.69) is 5.32 Å². The van der Waals surface area contributed by atoms with Gasteiger partial charge in [-0.2, -0.15) is 0 Å². The average molecular weight is 319 g/mol. The van der Waals surface area contributed by atoms with Gasteiger partial charge in [-0.15, -0.1) is 11.8 Å². The summed E-state index contributed by atoms with van der Waals surface area (Å²) in [5.74, 6) is 3.69. The highest BCUT2D eigenvalue weighted by atomic mass is 32.2. The molecule has 1 heterocycles.